The van der Waals surface area contributed by atoms with Gasteiger partial charge in [0.25, 0.3) is 0 Å². The number of carbonyl (C=O) groups is 1. The van der Waals surface area contributed by atoms with Crippen molar-refractivity contribution in [3.8, 4) is 6.07 Å². The molecule has 19 heavy (non-hydrogen) atoms. The van der Waals surface area contributed by atoms with Crippen LogP contribution in [0.1, 0.15) is 35.8 Å². The van der Waals surface area contributed by atoms with Crippen LogP contribution in [0.15, 0.2) is 4.99 Å². The molecule has 1 aliphatic carbocycles. The zero-order valence-electron chi connectivity index (χ0n) is 11.4. The Bertz CT molecular complexity index is 568. The van der Waals surface area contributed by atoms with Gasteiger partial charge in [-0.25, -0.2) is 4.99 Å². The van der Waals surface area contributed by atoms with Gasteiger partial charge in [0.15, 0.2) is 0 Å². The number of aliphatic imine (C=N–C) groups is 1. The summed E-state index contributed by atoms with van der Waals surface area (Å²) >= 11 is 1.54. The van der Waals surface area contributed by atoms with E-state index in [0.717, 1.165) is 41.0 Å². The molecule has 0 amide bonds. The molecule has 0 saturated carbocycles. The van der Waals surface area contributed by atoms with E-state index in [2.05, 4.69) is 11.1 Å². The maximum Gasteiger partial charge on any atom is 0.136 e. The number of hydrogen-bond donors (Lipinski definition) is 0. The third-order valence-corrected chi connectivity index (χ3v) is 4.57. The van der Waals surface area contributed by atoms with Crippen LogP contribution in [0.25, 0.3) is 0 Å². The summed E-state index contributed by atoms with van der Waals surface area (Å²) in [6.07, 6.45) is 5.42. The van der Waals surface area contributed by atoms with Crippen molar-refractivity contribution < 1.29 is 4.79 Å². The Kier molecular flexibility index (Phi) is 3.72. The van der Waals surface area contributed by atoms with Crippen molar-refractivity contribution in [2.45, 2.75) is 31.6 Å². The summed E-state index contributed by atoms with van der Waals surface area (Å²) < 4.78 is 0. The van der Waals surface area contributed by atoms with Crippen molar-refractivity contribution in [3.05, 3.63) is 16.0 Å². The van der Waals surface area contributed by atoms with Crippen molar-refractivity contribution in [2.75, 3.05) is 14.1 Å². The number of thiophene rings is 1. The minimum atomic E-state index is -0.527. The van der Waals surface area contributed by atoms with Gasteiger partial charge in [-0.2, -0.15) is 5.26 Å². The Morgan fingerprint density at radius 1 is 1.53 bits per heavy atom. The average molecular weight is 275 g/mol. The molecule has 2 rings (SSSR count). The van der Waals surface area contributed by atoms with Gasteiger partial charge in [-0.3, -0.25) is 0 Å². The fraction of sp³-hybridized carbons (Fsp3) is 0.500. The zero-order valence-corrected chi connectivity index (χ0v) is 12.3. The van der Waals surface area contributed by atoms with Crippen molar-refractivity contribution in [1.29, 1.82) is 5.26 Å². The van der Waals surface area contributed by atoms with Crippen molar-refractivity contribution in [2.24, 2.45) is 4.99 Å². The highest BCUT2D eigenvalue weighted by Gasteiger charge is 2.37. The Morgan fingerprint density at radius 3 is 2.84 bits per heavy atom. The maximum atomic E-state index is 11.4. The number of rotatable bonds is 3. The molecule has 4 nitrogen and oxygen atoms in total. The second kappa shape index (κ2) is 5.14. The molecule has 0 radical (unpaired) electrons. The molecule has 1 aromatic heterocycles. The van der Waals surface area contributed by atoms with Crippen LogP contribution < -0.4 is 0 Å². The largest absolute Gasteiger partial charge is 0.369 e. The van der Waals surface area contributed by atoms with E-state index in [1.165, 1.54) is 0 Å². The molecule has 0 aromatic carbocycles. The predicted molar refractivity (Wildman–Crippen MR) is 77.2 cm³/mol. The normalized spacial score (nSPS) is 22.0. The van der Waals surface area contributed by atoms with E-state index in [0.29, 0.717) is 5.56 Å². The number of fused-ring (bicyclic) bond motifs is 1. The number of aldehydes is 1. The van der Waals surface area contributed by atoms with Crippen LogP contribution in [-0.4, -0.2) is 31.6 Å². The fourth-order valence-electron chi connectivity index (χ4n) is 2.47. The summed E-state index contributed by atoms with van der Waals surface area (Å²) in [5.41, 5.74) is 0.959. The van der Waals surface area contributed by atoms with Gasteiger partial charge in [0, 0.05) is 19.0 Å². The molecule has 1 aliphatic rings. The van der Waals surface area contributed by atoms with Crippen molar-refractivity contribution in [1.82, 2.24) is 4.90 Å². The first kappa shape index (κ1) is 13.8. The topological polar surface area (TPSA) is 56.5 Å². The number of nitriles is 1. The fourth-order valence-corrected chi connectivity index (χ4v) is 3.73. The Balaban J connectivity index is 2.57. The first-order chi connectivity index (χ1) is 9.01. The third kappa shape index (κ3) is 2.41. The molecule has 0 unspecified atom stereocenters. The van der Waals surface area contributed by atoms with E-state index in [1.54, 1.807) is 17.7 Å². The lowest BCUT2D eigenvalue weighted by Crippen LogP contribution is -2.28. The molecule has 100 valence electrons. The van der Waals surface area contributed by atoms with E-state index >= 15 is 0 Å². The summed E-state index contributed by atoms with van der Waals surface area (Å²) in [4.78, 5) is 18.8. The van der Waals surface area contributed by atoms with Gasteiger partial charge in [-0.05, 0) is 31.7 Å². The first-order valence-corrected chi connectivity index (χ1v) is 7.06. The number of aryl methyl sites for hydroxylation is 1. The lowest BCUT2D eigenvalue weighted by atomic mass is 9.74. The second-order valence-electron chi connectivity index (χ2n) is 5.29. The molecule has 0 aliphatic heterocycles. The van der Waals surface area contributed by atoms with Gasteiger partial charge in [0.05, 0.1) is 17.3 Å². The Hall–Kier alpha value is -1.67. The van der Waals surface area contributed by atoms with Gasteiger partial charge in [0.2, 0.25) is 0 Å². The lowest BCUT2D eigenvalue weighted by Gasteiger charge is -2.28. The van der Waals surface area contributed by atoms with E-state index < -0.39 is 5.41 Å². The number of hydrogen-bond acceptors (Lipinski definition) is 4. The van der Waals surface area contributed by atoms with Crippen LogP contribution in [0, 0.1) is 11.3 Å². The lowest BCUT2D eigenvalue weighted by molar-refractivity contribution is -0.112. The highest BCUT2D eigenvalue weighted by molar-refractivity contribution is 7.16. The molecule has 5 heteroatoms. The summed E-state index contributed by atoms with van der Waals surface area (Å²) in [7, 11) is 3.78. The van der Waals surface area contributed by atoms with Crippen LogP contribution in [-0.2, 0) is 16.6 Å². The molecule has 1 aromatic rings. The molecule has 0 spiro atoms. The van der Waals surface area contributed by atoms with Crippen molar-refractivity contribution >= 4 is 29.0 Å². The van der Waals surface area contributed by atoms with Crippen LogP contribution in [0.4, 0.5) is 5.00 Å². The summed E-state index contributed by atoms with van der Waals surface area (Å²) in [5.74, 6) is 0. The highest BCUT2D eigenvalue weighted by atomic mass is 32.1. The van der Waals surface area contributed by atoms with Gasteiger partial charge >= 0.3 is 0 Å². The molecule has 0 N–H and O–H groups in total. The molecule has 0 bridgehead atoms. The van der Waals surface area contributed by atoms with Crippen LogP contribution >= 0.6 is 11.3 Å². The van der Waals surface area contributed by atoms with Gasteiger partial charge < -0.3 is 9.69 Å². The van der Waals surface area contributed by atoms with Crippen LogP contribution in [0.2, 0.25) is 0 Å². The zero-order chi connectivity index (χ0) is 14.0. The summed E-state index contributed by atoms with van der Waals surface area (Å²) in [6.45, 7) is 1.92. The minimum absolute atomic E-state index is 0.527. The molecule has 1 heterocycles. The summed E-state index contributed by atoms with van der Waals surface area (Å²) in [5, 5.41) is 10.1. The van der Waals surface area contributed by atoms with E-state index in [-0.39, 0.29) is 0 Å². The maximum absolute atomic E-state index is 11.4. The monoisotopic (exact) mass is 275 g/mol. The SMILES string of the molecule is CN(C)/C=N/c1sc2c(c1C#N)[C@@](C)(C=O)CCC2. The number of nitrogens with zero attached hydrogens (tertiary/aromatic N) is 3. The van der Waals surface area contributed by atoms with E-state index in [1.807, 2.05) is 25.9 Å². The predicted octanol–water partition coefficient (Wildman–Crippen LogP) is 2.63. The molecule has 1 atom stereocenters. The molecule has 0 fully saturated rings. The number of carbonyl (C=O) groups excluding carboxylic acids is 1. The standard InChI is InChI=1S/C14H17N3OS/c1-14(8-18)6-4-5-11-12(14)10(7-15)13(19-11)16-9-17(2)3/h8-9H,4-6H2,1-3H3/b16-9+/t14-/m1/s1. The average Bonchev–Trinajstić information content (AvgIpc) is 2.75. The van der Waals surface area contributed by atoms with E-state index in [9.17, 15) is 10.1 Å². The molecular weight excluding hydrogens is 258 g/mol. The molecule has 0 saturated heterocycles. The van der Waals surface area contributed by atoms with E-state index in [4.69, 9.17) is 0 Å². The highest BCUT2D eigenvalue weighted by Crippen LogP contribution is 2.46. The van der Waals surface area contributed by atoms with Crippen molar-refractivity contribution in [3.63, 3.8) is 0 Å². The Morgan fingerprint density at radius 2 is 2.26 bits per heavy atom. The van der Waals surface area contributed by atoms with Crippen LogP contribution in [0.5, 0.6) is 0 Å². The van der Waals surface area contributed by atoms with Crippen LogP contribution in [0.3, 0.4) is 0 Å². The second-order valence-corrected chi connectivity index (χ2v) is 6.37. The smallest absolute Gasteiger partial charge is 0.136 e. The molecular formula is C14H17N3OS. The first-order valence-electron chi connectivity index (χ1n) is 6.25. The Labute approximate surface area is 117 Å². The minimum Gasteiger partial charge on any atom is -0.369 e. The van der Waals surface area contributed by atoms with Gasteiger partial charge in [-0.1, -0.05) is 0 Å². The third-order valence-electron chi connectivity index (χ3n) is 3.41. The quantitative estimate of drug-likeness (QED) is 0.484. The summed E-state index contributed by atoms with van der Waals surface area (Å²) in [6, 6.07) is 2.24. The van der Waals surface area contributed by atoms with Gasteiger partial charge in [-0.15, -0.1) is 11.3 Å². The van der Waals surface area contributed by atoms with Gasteiger partial charge in [0.1, 0.15) is 17.4 Å².